The molecule has 0 bridgehead atoms. The van der Waals surface area contributed by atoms with E-state index in [0.29, 0.717) is 18.9 Å². The first kappa shape index (κ1) is 12.8. The average molecular weight is 228 g/mol. The molecule has 1 aliphatic rings. The van der Waals surface area contributed by atoms with Crippen molar-refractivity contribution in [2.24, 2.45) is 11.7 Å². The first-order chi connectivity index (χ1) is 7.63. The molecule has 1 rings (SSSR count). The van der Waals surface area contributed by atoms with Crippen LogP contribution in [0.25, 0.3) is 0 Å². The van der Waals surface area contributed by atoms with E-state index in [4.69, 9.17) is 10.5 Å². The number of unbranched alkanes of at least 4 members (excludes halogenated alkanes) is 1. The van der Waals surface area contributed by atoms with Crippen LogP contribution in [0.15, 0.2) is 0 Å². The average Bonchev–Trinajstić information content (AvgIpc) is 3.01. The third-order valence-electron chi connectivity index (χ3n) is 2.63. The molecule has 0 saturated heterocycles. The van der Waals surface area contributed by atoms with E-state index < -0.39 is 18.0 Å². The lowest BCUT2D eigenvalue weighted by atomic mass is 10.1. The fourth-order valence-corrected chi connectivity index (χ4v) is 1.43. The quantitative estimate of drug-likeness (QED) is 0.642. The topological polar surface area (TPSA) is 81.4 Å². The van der Waals surface area contributed by atoms with Crippen LogP contribution in [0.4, 0.5) is 4.79 Å². The Labute approximate surface area is 95.7 Å². The van der Waals surface area contributed by atoms with Crippen LogP contribution in [0.5, 0.6) is 0 Å². The molecule has 1 fully saturated rings. The Kier molecular flexibility index (Phi) is 5.08. The molecule has 5 nitrogen and oxygen atoms in total. The van der Waals surface area contributed by atoms with Gasteiger partial charge in [0.05, 0.1) is 6.61 Å². The zero-order valence-corrected chi connectivity index (χ0v) is 9.70. The summed E-state index contributed by atoms with van der Waals surface area (Å²) in [6.07, 6.45) is 4.13. The maximum Gasteiger partial charge on any atom is 0.407 e. The smallest absolute Gasteiger partial charge is 0.407 e. The Morgan fingerprint density at radius 1 is 1.50 bits per heavy atom. The second-order valence-corrected chi connectivity index (χ2v) is 4.27. The number of rotatable bonds is 7. The number of hydrogen-bond donors (Lipinski definition) is 2. The Morgan fingerprint density at radius 2 is 2.19 bits per heavy atom. The third-order valence-corrected chi connectivity index (χ3v) is 2.63. The molecule has 1 unspecified atom stereocenters. The first-order valence-corrected chi connectivity index (χ1v) is 5.86. The molecule has 0 aromatic rings. The summed E-state index contributed by atoms with van der Waals surface area (Å²) in [4.78, 5) is 22.4. The summed E-state index contributed by atoms with van der Waals surface area (Å²) in [6.45, 7) is 2.40. The second kappa shape index (κ2) is 6.35. The van der Waals surface area contributed by atoms with E-state index in [0.717, 1.165) is 25.7 Å². The zero-order chi connectivity index (χ0) is 12.0. The van der Waals surface area contributed by atoms with Gasteiger partial charge in [0.15, 0.2) is 0 Å². The minimum Gasteiger partial charge on any atom is -0.450 e. The van der Waals surface area contributed by atoms with Crippen LogP contribution in [0.1, 0.15) is 39.0 Å². The SMILES string of the molecule is CCCCOC(=O)NC(CC1CC1)C(N)=O. The van der Waals surface area contributed by atoms with Gasteiger partial charge >= 0.3 is 6.09 Å². The lowest BCUT2D eigenvalue weighted by Crippen LogP contribution is -2.45. The van der Waals surface area contributed by atoms with Crippen LogP contribution in [0, 0.1) is 5.92 Å². The van der Waals surface area contributed by atoms with Gasteiger partial charge in [-0.05, 0) is 18.8 Å². The molecule has 0 aromatic carbocycles. The number of carbonyl (C=O) groups is 2. The highest BCUT2D eigenvalue weighted by Gasteiger charge is 2.29. The molecule has 1 atom stereocenters. The van der Waals surface area contributed by atoms with Crippen LogP contribution in [0.3, 0.4) is 0 Å². The van der Waals surface area contributed by atoms with E-state index in [1.165, 1.54) is 0 Å². The molecule has 1 saturated carbocycles. The van der Waals surface area contributed by atoms with Crippen molar-refractivity contribution in [2.75, 3.05) is 6.61 Å². The van der Waals surface area contributed by atoms with Crippen LogP contribution >= 0.6 is 0 Å². The second-order valence-electron chi connectivity index (χ2n) is 4.27. The fourth-order valence-electron chi connectivity index (χ4n) is 1.43. The summed E-state index contributed by atoms with van der Waals surface area (Å²) in [7, 11) is 0. The molecule has 0 aromatic heterocycles. The minimum absolute atomic E-state index is 0.386. The number of carbonyl (C=O) groups excluding carboxylic acids is 2. The van der Waals surface area contributed by atoms with E-state index >= 15 is 0 Å². The molecule has 0 heterocycles. The van der Waals surface area contributed by atoms with Gasteiger partial charge in [-0.15, -0.1) is 0 Å². The summed E-state index contributed by atoms with van der Waals surface area (Å²) in [6, 6.07) is -0.582. The largest absolute Gasteiger partial charge is 0.450 e. The monoisotopic (exact) mass is 228 g/mol. The number of amides is 2. The van der Waals surface area contributed by atoms with Crippen molar-refractivity contribution in [1.82, 2.24) is 5.32 Å². The highest BCUT2D eigenvalue weighted by atomic mass is 16.5. The summed E-state index contributed by atoms with van der Waals surface area (Å²) in [5.41, 5.74) is 5.21. The summed E-state index contributed by atoms with van der Waals surface area (Å²) in [5.74, 6) is 0.0489. The van der Waals surface area contributed by atoms with E-state index in [2.05, 4.69) is 5.32 Å². The molecule has 2 amide bonds. The van der Waals surface area contributed by atoms with Gasteiger partial charge in [0.2, 0.25) is 5.91 Å². The Balaban J connectivity index is 2.23. The van der Waals surface area contributed by atoms with Gasteiger partial charge in [-0.25, -0.2) is 4.79 Å². The Morgan fingerprint density at radius 3 is 2.69 bits per heavy atom. The zero-order valence-electron chi connectivity index (χ0n) is 9.70. The molecule has 0 aliphatic heterocycles. The van der Waals surface area contributed by atoms with Crippen LogP contribution < -0.4 is 11.1 Å². The fraction of sp³-hybridized carbons (Fsp3) is 0.818. The normalized spacial score (nSPS) is 16.6. The summed E-state index contributed by atoms with van der Waals surface area (Å²) in [5, 5.41) is 2.51. The van der Waals surface area contributed by atoms with Crippen molar-refractivity contribution >= 4 is 12.0 Å². The molecule has 92 valence electrons. The van der Waals surface area contributed by atoms with E-state index in [-0.39, 0.29) is 0 Å². The van der Waals surface area contributed by atoms with Gasteiger partial charge in [-0.2, -0.15) is 0 Å². The van der Waals surface area contributed by atoms with Crippen molar-refractivity contribution in [3.05, 3.63) is 0 Å². The lowest BCUT2D eigenvalue weighted by molar-refractivity contribution is -0.120. The number of primary amides is 1. The van der Waals surface area contributed by atoms with Crippen molar-refractivity contribution in [3.8, 4) is 0 Å². The predicted octanol–water partition coefficient (Wildman–Crippen LogP) is 1.17. The van der Waals surface area contributed by atoms with Gasteiger partial charge in [0.1, 0.15) is 6.04 Å². The maximum atomic E-state index is 11.3. The van der Waals surface area contributed by atoms with Crippen LogP contribution in [0.2, 0.25) is 0 Å². The standard InChI is InChI=1S/C11H20N2O3/c1-2-3-6-16-11(15)13-9(10(12)14)7-8-4-5-8/h8-9H,2-7H2,1H3,(H2,12,14)(H,13,15). The van der Waals surface area contributed by atoms with E-state index in [9.17, 15) is 9.59 Å². The molecular weight excluding hydrogens is 208 g/mol. The van der Waals surface area contributed by atoms with Gasteiger partial charge < -0.3 is 15.8 Å². The molecule has 0 radical (unpaired) electrons. The third kappa shape index (κ3) is 5.00. The molecule has 16 heavy (non-hydrogen) atoms. The minimum atomic E-state index is -0.582. The van der Waals surface area contributed by atoms with Gasteiger partial charge in [0.25, 0.3) is 0 Å². The number of alkyl carbamates (subject to hydrolysis) is 1. The van der Waals surface area contributed by atoms with Crippen molar-refractivity contribution in [2.45, 2.75) is 45.1 Å². The molecule has 3 N–H and O–H groups in total. The number of nitrogens with one attached hydrogen (secondary N) is 1. The predicted molar refractivity (Wildman–Crippen MR) is 59.7 cm³/mol. The van der Waals surface area contributed by atoms with Crippen molar-refractivity contribution in [1.29, 1.82) is 0 Å². The number of nitrogens with two attached hydrogens (primary N) is 1. The molecule has 0 spiro atoms. The molecule has 1 aliphatic carbocycles. The Hall–Kier alpha value is -1.26. The van der Waals surface area contributed by atoms with Gasteiger partial charge in [-0.1, -0.05) is 26.2 Å². The van der Waals surface area contributed by atoms with Crippen molar-refractivity contribution in [3.63, 3.8) is 0 Å². The summed E-state index contributed by atoms with van der Waals surface area (Å²) < 4.78 is 4.91. The van der Waals surface area contributed by atoms with Gasteiger partial charge in [-0.3, -0.25) is 4.79 Å². The highest BCUT2D eigenvalue weighted by Crippen LogP contribution is 2.33. The first-order valence-electron chi connectivity index (χ1n) is 5.86. The maximum absolute atomic E-state index is 11.3. The Bertz CT molecular complexity index is 252. The number of hydrogen-bond acceptors (Lipinski definition) is 3. The lowest BCUT2D eigenvalue weighted by Gasteiger charge is -2.14. The highest BCUT2D eigenvalue weighted by molar-refractivity contribution is 5.84. The number of ether oxygens (including phenoxy) is 1. The molecular formula is C11H20N2O3. The van der Waals surface area contributed by atoms with Crippen LogP contribution in [-0.2, 0) is 9.53 Å². The van der Waals surface area contributed by atoms with Crippen LogP contribution in [-0.4, -0.2) is 24.6 Å². The molecule has 5 heteroatoms. The van der Waals surface area contributed by atoms with E-state index in [1.54, 1.807) is 0 Å². The van der Waals surface area contributed by atoms with E-state index in [1.807, 2.05) is 6.92 Å². The van der Waals surface area contributed by atoms with Gasteiger partial charge in [0, 0.05) is 0 Å². The van der Waals surface area contributed by atoms with Crippen molar-refractivity contribution < 1.29 is 14.3 Å². The summed E-state index contributed by atoms with van der Waals surface area (Å²) >= 11 is 0.